The fourth-order valence-corrected chi connectivity index (χ4v) is 3.02. The summed E-state index contributed by atoms with van der Waals surface area (Å²) in [4.78, 5) is 12.1. The summed E-state index contributed by atoms with van der Waals surface area (Å²) < 4.78 is 5.94. The number of ether oxygens (including phenoxy) is 1. The van der Waals surface area contributed by atoms with E-state index in [0.29, 0.717) is 11.3 Å². The lowest BCUT2D eigenvalue weighted by Crippen LogP contribution is -2.26. The molecule has 0 spiro atoms. The molecule has 1 aromatic rings. The number of hydrogen-bond donors (Lipinski definition) is 1. The zero-order valence-corrected chi connectivity index (χ0v) is 12.8. The Kier molecular flexibility index (Phi) is 5.25. The quantitative estimate of drug-likeness (QED) is 0.894. The summed E-state index contributed by atoms with van der Waals surface area (Å²) in [5.74, 6) is 1.46. The SMILES string of the molecule is COc1ccc(Br)c(C(=O)NCCC2CCCC2)c1. The molecule has 1 saturated carbocycles. The highest BCUT2D eigenvalue weighted by Gasteiger charge is 2.16. The second-order valence-corrected chi connectivity index (χ2v) is 5.90. The zero-order valence-electron chi connectivity index (χ0n) is 11.2. The van der Waals surface area contributed by atoms with E-state index in [9.17, 15) is 4.79 Å². The van der Waals surface area contributed by atoms with E-state index in [1.807, 2.05) is 12.1 Å². The second kappa shape index (κ2) is 6.94. The Bertz CT molecular complexity index is 442. The Labute approximate surface area is 122 Å². The lowest BCUT2D eigenvalue weighted by Gasteiger charge is -2.11. The largest absolute Gasteiger partial charge is 0.497 e. The highest BCUT2D eigenvalue weighted by Crippen LogP contribution is 2.27. The van der Waals surface area contributed by atoms with E-state index in [2.05, 4.69) is 21.2 Å². The predicted octanol–water partition coefficient (Wildman–Crippen LogP) is 3.77. The van der Waals surface area contributed by atoms with Gasteiger partial charge in [-0.15, -0.1) is 0 Å². The molecule has 0 atom stereocenters. The topological polar surface area (TPSA) is 38.3 Å². The van der Waals surface area contributed by atoms with E-state index >= 15 is 0 Å². The van der Waals surface area contributed by atoms with Crippen LogP contribution in [0.5, 0.6) is 5.75 Å². The minimum absolute atomic E-state index is 0.0382. The second-order valence-electron chi connectivity index (χ2n) is 5.04. The fraction of sp³-hybridized carbons (Fsp3) is 0.533. The van der Waals surface area contributed by atoms with Gasteiger partial charge in [-0.25, -0.2) is 0 Å². The third kappa shape index (κ3) is 3.96. The van der Waals surface area contributed by atoms with Crippen molar-refractivity contribution in [3.8, 4) is 5.75 Å². The molecule has 0 aliphatic heterocycles. The van der Waals surface area contributed by atoms with Crippen LogP contribution in [0.2, 0.25) is 0 Å². The molecule has 4 heteroatoms. The van der Waals surface area contributed by atoms with Crippen LogP contribution in [0.4, 0.5) is 0 Å². The maximum atomic E-state index is 12.1. The number of benzene rings is 1. The molecular weight excluding hydrogens is 306 g/mol. The van der Waals surface area contributed by atoms with E-state index in [-0.39, 0.29) is 5.91 Å². The first-order valence-corrected chi connectivity index (χ1v) is 7.61. The molecule has 0 radical (unpaired) electrons. The van der Waals surface area contributed by atoms with Gasteiger partial charge in [0.2, 0.25) is 0 Å². The summed E-state index contributed by atoms with van der Waals surface area (Å²) in [7, 11) is 1.60. The van der Waals surface area contributed by atoms with E-state index in [1.165, 1.54) is 25.7 Å². The number of nitrogens with one attached hydrogen (secondary N) is 1. The molecule has 1 amide bonds. The maximum Gasteiger partial charge on any atom is 0.252 e. The fourth-order valence-electron chi connectivity index (χ4n) is 2.59. The third-order valence-corrected chi connectivity index (χ3v) is 4.42. The Hall–Kier alpha value is -1.03. The van der Waals surface area contributed by atoms with Crippen molar-refractivity contribution < 1.29 is 9.53 Å². The number of halogens is 1. The number of methoxy groups -OCH3 is 1. The molecule has 1 aliphatic rings. The van der Waals surface area contributed by atoms with E-state index < -0.39 is 0 Å². The Morgan fingerprint density at radius 1 is 1.42 bits per heavy atom. The van der Waals surface area contributed by atoms with Gasteiger partial charge in [0.1, 0.15) is 5.75 Å². The maximum absolute atomic E-state index is 12.1. The highest BCUT2D eigenvalue weighted by molar-refractivity contribution is 9.10. The molecule has 0 heterocycles. The summed E-state index contributed by atoms with van der Waals surface area (Å²) in [6.07, 6.45) is 6.42. The van der Waals surface area contributed by atoms with Crippen LogP contribution in [-0.4, -0.2) is 19.6 Å². The van der Waals surface area contributed by atoms with Gasteiger partial charge in [0.25, 0.3) is 5.91 Å². The Balaban J connectivity index is 1.88. The van der Waals surface area contributed by atoms with Crippen LogP contribution >= 0.6 is 15.9 Å². The Morgan fingerprint density at radius 2 is 2.16 bits per heavy atom. The van der Waals surface area contributed by atoms with Crippen LogP contribution in [0.3, 0.4) is 0 Å². The summed E-state index contributed by atoms with van der Waals surface area (Å²) in [5, 5.41) is 2.99. The van der Waals surface area contributed by atoms with Gasteiger partial charge in [-0.05, 0) is 46.5 Å². The molecular formula is C15H20BrNO2. The summed E-state index contributed by atoms with van der Waals surface area (Å²) in [5.41, 5.74) is 0.630. The third-order valence-electron chi connectivity index (χ3n) is 3.73. The Morgan fingerprint density at radius 3 is 2.84 bits per heavy atom. The first kappa shape index (κ1) is 14.4. The molecule has 0 unspecified atom stereocenters. The number of amides is 1. The molecule has 2 rings (SSSR count). The van der Waals surface area contributed by atoms with Crippen molar-refractivity contribution in [1.82, 2.24) is 5.32 Å². The van der Waals surface area contributed by atoms with E-state index in [0.717, 1.165) is 23.4 Å². The molecule has 1 fully saturated rings. The molecule has 0 bridgehead atoms. The lowest BCUT2D eigenvalue weighted by molar-refractivity contribution is 0.0950. The van der Waals surface area contributed by atoms with Crippen molar-refractivity contribution >= 4 is 21.8 Å². The van der Waals surface area contributed by atoms with Gasteiger partial charge >= 0.3 is 0 Å². The van der Waals surface area contributed by atoms with Gasteiger partial charge in [0, 0.05) is 11.0 Å². The smallest absolute Gasteiger partial charge is 0.252 e. The molecule has 0 aromatic heterocycles. The first-order chi connectivity index (χ1) is 9.20. The van der Waals surface area contributed by atoms with Crippen LogP contribution < -0.4 is 10.1 Å². The van der Waals surface area contributed by atoms with Gasteiger partial charge in [0.05, 0.1) is 12.7 Å². The van der Waals surface area contributed by atoms with Gasteiger partial charge in [-0.3, -0.25) is 4.79 Å². The average molecular weight is 326 g/mol. The molecule has 1 N–H and O–H groups in total. The number of carbonyl (C=O) groups is 1. The van der Waals surface area contributed by atoms with E-state index in [1.54, 1.807) is 13.2 Å². The summed E-state index contributed by atoms with van der Waals surface area (Å²) >= 11 is 3.40. The van der Waals surface area contributed by atoms with Crippen LogP contribution in [0.1, 0.15) is 42.5 Å². The van der Waals surface area contributed by atoms with Gasteiger partial charge in [-0.2, -0.15) is 0 Å². The van der Waals surface area contributed by atoms with Crippen LogP contribution in [0, 0.1) is 5.92 Å². The van der Waals surface area contributed by atoms with Crippen LogP contribution in [-0.2, 0) is 0 Å². The van der Waals surface area contributed by atoms with Crippen molar-refractivity contribution in [3.63, 3.8) is 0 Å². The lowest BCUT2D eigenvalue weighted by atomic mass is 10.0. The molecule has 19 heavy (non-hydrogen) atoms. The predicted molar refractivity (Wildman–Crippen MR) is 79.6 cm³/mol. The summed E-state index contributed by atoms with van der Waals surface area (Å²) in [6.45, 7) is 0.757. The van der Waals surface area contributed by atoms with Crippen molar-refractivity contribution in [1.29, 1.82) is 0 Å². The van der Waals surface area contributed by atoms with Crippen molar-refractivity contribution in [2.24, 2.45) is 5.92 Å². The van der Waals surface area contributed by atoms with Crippen molar-refractivity contribution in [2.75, 3.05) is 13.7 Å². The molecule has 104 valence electrons. The molecule has 0 saturated heterocycles. The minimum atomic E-state index is -0.0382. The minimum Gasteiger partial charge on any atom is -0.497 e. The number of carbonyl (C=O) groups excluding carboxylic acids is 1. The van der Waals surface area contributed by atoms with Gasteiger partial charge in [0.15, 0.2) is 0 Å². The first-order valence-electron chi connectivity index (χ1n) is 6.82. The van der Waals surface area contributed by atoms with Crippen LogP contribution in [0.15, 0.2) is 22.7 Å². The highest BCUT2D eigenvalue weighted by atomic mass is 79.9. The van der Waals surface area contributed by atoms with E-state index in [4.69, 9.17) is 4.74 Å². The van der Waals surface area contributed by atoms with Gasteiger partial charge in [-0.1, -0.05) is 25.7 Å². The molecule has 1 aliphatic carbocycles. The van der Waals surface area contributed by atoms with Crippen molar-refractivity contribution in [3.05, 3.63) is 28.2 Å². The molecule has 1 aromatic carbocycles. The number of rotatable bonds is 5. The number of hydrogen-bond acceptors (Lipinski definition) is 2. The van der Waals surface area contributed by atoms with Crippen LogP contribution in [0.25, 0.3) is 0 Å². The standard InChI is InChI=1S/C15H20BrNO2/c1-19-12-6-7-14(16)13(10-12)15(18)17-9-8-11-4-2-3-5-11/h6-7,10-11H,2-5,8-9H2,1H3,(H,17,18). The van der Waals surface area contributed by atoms with Crippen molar-refractivity contribution in [2.45, 2.75) is 32.1 Å². The summed E-state index contributed by atoms with van der Waals surface area (Å²) in [6, 6.07) is 5.43. The molecule has 3 nitrogen and oxygen atoms in total. The zero-order chi connectivity index (χ0) is 13.7. The monoisotopic (exact) mass is 325 g/mol. The normalized spacial score (nSPS) is 15.5. The average Bonchev–Trinajstić information content (AvgIpc) is 2.92. The van der Waals surface area contributed by atoms with Gasteiger partial charge < -0.3 is 10.1 Å².